The Morgan fingerprint density at radius 2 is 1.89 bits per heavy atom. The minimum atomic E-state index is -1.02. The van der Waals surface area contributed by atoms with Crippen molar-refractivity contribution in [1.82, 2.24) is 0 Å². The molecule has 1 heterocycles. The van der Waals surface area contributed by atoms with Gasteiger partial charge in [-0.3, -0.25) is 0 Å². The van der Waals surface area contributed by atoms with Gasteiger partial charge in [0.05, 0.1) is 0 Å². The molecule has 2 aliphatic rings. The Morgan fingerprint density at radius 1 is 1.26 bits per heavy atom. The fourth-order valence-electron chi connectivity index (χ4n) is 3.08. The van der Waals surface area contributed by atoms with Crippen LogP contribution < -0.4 is 15.2 Å². The van der Waals surface area contributed by atoms with Crippen molar-refractivity contribution in [2.75, 3.05) is 19.8 Å². The van der Waals surface area contributed by atoms with E-state index in [4.69, 9.17) is 15.2 Å². The van der Waals surface area contributed by atoms with Crippen LogP contribution in [0.4, 0.5) is 4.39 Å². The predicted molar refractivity (Wildman–Crippen MR) is 71.5 cm³/mol. The number of ether oxygens (including phenoxy) is 2. The Hall–Kier alpha value is -1.29. The van der Waals surface area contributed by atoms with Gasteiger partial charge in [0.2, 0.25) is 0 Å². The van der Waals surface area contributed by atoms with E-state index < -0.39 is 6.17 Å². The number of benzene rings is 1. The lowest BCUT2D eigenvalue weighted by Gasteiger charge is -2.43. The van der Waals surface area contributed by atoms with Crippen LogP contribution in [0.25, 0.3) is 0 Å². The number of hydrogen-bond acceptors (Lipinski definition) is 3. The number of nitrogens with two attached hydrogens (primary N) is 1. The van der Waals surface area contributed by atoms with E-state index in [9.17, 15) is 4.39 Å². The third-order valence-electron chi connectivity index (χ3n) is 4.42. The number of fused-ring (bicyclic) bond motifs is 1. The fraction of sp³-hybridized carbons (Fsp3) is 0.600. The van der Waals surface area contributed by atoms with E-state index in [1.54, 1.807) is 13.0 Å². The summed E-state index contributed by atoms with van der Waals surface area (Å²) in [5.74, 6) is 1.38. The summed E-state index contributed by atoms with van der Waals surface area (Å²) in [5.41, 5.74) is 7.60. The second-order valence-corrected chi connectivity index (χ2v) is 5.54. The van der Waals surface area contributed by atoms with Crippen molar-refractivity contribution in [2.24, 2.45) is 5.73 Å². The lowest BCUT2D eigenvalue weighted by atomic mass is 9.63. The van der Waals surface area contributed by atoms with Crippen LogP contribution in [0, 0.1) is 0 Å². The molecule has 0 aromatic heterocycles. The third-order valence-corrected chi connectivity index (χ3v) is 4.42. The summed E-state index contributed by atoms with van der Waals surface area (Å²) in [5, 5.41) is 0. The van der Waals surface area contributed by atoms with Gasteiger partial charge in [-0.2, -0.15) is 0 Å². The van der Waals surface area contributed by atoms with Crippen LogP contribution in [0.15, 0.2) is 12.1 Å². The highest BCUT2D eigenvalue weighted by atomic mass is 19.1. The van der Waals surface area contributed by atoms with Crippen LogP contribution in [0.3, 0.4) is 0 Å². The molecule has 4 heteroatoms. The maximum atomic E-state index is 14.0. The van der Waals surface area contributed by atoms with Crippen LogP contribution in [-0.4, -0.2) is 19.8 Å². The Balaban J connectivity index is 2.10. The molecule has 0 amide bonds. The standard InChI is InChI=1S/C15H20FNO2/c1-10(16)11-7-13-14(19-6-5-18-13)8-12(11)15(9-17)3-2-4-15/h7-8,10H,2-6,9,17H2,1H3. The summed E-state index contributed by atoms with van der Waals surface area (Å²) >= 11 is 0. The summed E-state index contributed by atoms with van der Waals surface area (Å²) in [4.78, 5) is 0. The molecule has 0 spiro atoms. The molecular formula is C15H20FNO2. The van der Waals surface area contributed by atoms with Gasteiger partial charge in [0.25, 0.3) is 0 Å². The first-order valence-corrected chi connectivity index (χ1v) is 6.94. The highest BCUT2D eigenvalue weighted by Crippen LogP contribution is 2.48. The summed E-state index contributed by atoms with van der Waals surface area (Å²) in [6.07, 6.45) is 2.20. The largest absolute Gasteiger partial charge is 0.486 e. The summed E-state index contributed by atoms with van der Waals surface area (Å²) < 4.78 is 25.1. The molecule has 0 radical (unpaired) electrons. The van der Waals surface area contributed by atoms with Gasteiger partial charge >= 0.3 is 0 Å². The van der Waals surface area contributed by atoms with E-state index in [2.05, 4.69) is 0 Å². The van der Waals surface area contributed by atoms with Gasteiger partial charge in [-0.05, 0) is 43.0 Å². The normalized spacial score (nSPS) is 21.6. The molecule has 3 rings (SSSR count). The molecule has 1 atom stereocenters. The van der Waals surface area contributed by atoms with Gasteiger partial charge in [-0.1, -0.05) is 6.42 Å². The van der Waals surface area contributed by atoms with Crippen LogP contribution in [-0.2, 0) is 5.41 Å². The van der Waals surface area contributed by atoms with Crippen LogP contribution in [0.5, 0.6) is 11.5 Å². The zero-order valence-electron chi connectivity index (χ0n) is 11.2. The molecular weight excluding hydrogens is 245 g/mol. The molecule has 1 saturated carbocycles. The van der Waals surface area contributed by atoms with Crippen molar-refractivity contribution in [3.63, 3.8) is 0 Å². The highest BCUT2D eigenvalue weighted by molar-refractivity contribution is 5.52. The zero-order chi connectivity index (χ0) is 13.5. The van der Waals surface area contributed by atoms with E-state index in [1.165, 1.54) is 0 Å². The van der Waals surface area contributed by atoms with Crippen LogP contribution in [0.2, 0.25) is 0 Å². The Morgan fingerprint density at radius 3 is 2.37 bits per heavy atom. The minimum absolute atomic E-state index is 0.0640. The number of alkyl halides is 1. The summed E-state index contributed by atoms with van der Waals surface area (Å²) in [6, 6.07) is 3.75. The predicted octanol–water partition coefficient (Wildman–Crippen LogP) is 2.87. The first-order valence-electron chi connectivity index (χ1n) is 6.94. The molecule has 1 fully saturated rings. The van der Waals surface area contributed by atoms with Crippen LogP contribution in [0.1, 0.15) is 43.5 Å². The van der Waals surface area contributed by atoms with Crippen molar-refractivity contribution in [3.8, 4) is 11.5 Å². The maximum absolute atomic E-state index is 14.0. The quantitative estimate of drug-likeness (QED) is 0.914. The average Bonchev–Trinajstić information content (AvgIpc) is 2.37. The van der Waals surface area contributed by atoms with E-state index in [0.717, 1.165) is 30.6 Å². The second kappa shape index (κ2) is 4.67. The van der Waals surface area contributed by atoms with Crippen molar-refractivity contribution < 1.29 is 13.9 Å². The molecule has 1 aromatic rings. The minimum Gasteiger partial charge on any atom is -0.486 e. The maximum Gasteiger partial charge on any atom is 0.161 e. The molecule has 1 aliphatic carbocycles. The van der Waals surface area contributed by atoms with Crippen molar-refractivity contribution in [1.29, 1.82) is 0 Å². The lowest BCUT2D eigenvalue weighted by Crippen LogP contribution is -2.42. The monoisotopic (exact) mass is 265 g/mol. The molecule has 2 N–H and O–H groups in total. The number of hydrogen-bond donors (Lipinski definition) is 1. The van der Waals surface area contributed by atoms with Crippen molar-refractivity contribution >= 4 is 0 Å². The number of halogens is 1. The smallest absolute Gasteiger partial charge is 0.161 e. The SMILES string of the molecule is CC(F)c1cc2c(cc1C1(CN)CCC1)OCCO2. The Kier molecular flexibility index (Phi) is 3.13. The third kappa shape index (κ3) is 1.98. The van der Waals surface area contributed by atoms with Gasteiger partial charge in [-0.15, -0.1) is 0 Å². The average molecular weight is 265 g/mol. The molecule has 1 aliphatic heterocycles. The molecule has 0 bridgehead atoms. The van der Waals surface area contributed by atoms with Gasteiger partial charge in [-0.25, -0.2) is 4.39 Å². The second-order valence-electron chi connectivity index (χ2n) is 5.54. The molecule has 0 saturated heterocycles. The summed E-state index contributed by atoms with van der Waals surface area (Å²) in [6.45, 7) is 3.20. The molecule has 1 aromatic carbocycles. The van der Waals surface area contributed by atoms with Crippen molar-refractivity contribution in [3.05, 3.63) is 23.3 Å². The fourth-order valence-corrected chi connectivity index (χ4v) is 3.08. The van der Waals surface area contributed by atoms with Crippen molar-refractivity contribution in [2.45, 2.75) is 37.8 Å². The zero-order valence-corrected chi connectivity index (χ0v) is 11.2. The van der Waals surface area contributed by atoms with Gasteiger partial charge in [0.15, 0.2) is 11.5 Å². The Labute approximate surface area is 112 Å². The van der Waals surface area contributed by atoms with E-state index >= 15 is 0 Å². The highest BCUT2D eigenvalue weighted by Gasteiger charge is 2.40. The molecule has 104 valence electrons. The van der Waals surface area contributed by atoms with Gasteiger partial charge in [0.1, 0.15) is 19.4 Å². The van der Waals surface area contributed by atoms with E-state index in [-0.39, 0.29) is 5.41 Å². The first kappa shape index (κ1) is 12.7. The topological polar surface area (TPSA) is 44.5 Å². The van der Waals surface area contributed by atoms with Gasteiger partial charge < -0.3 is 15.2 Å². The summed E-state index contributed by atoms with van der Waals surface area (Å²) in [7, 11) is 0. The molecule has 1 unspecified atom stereocenters. The van der Waals surface area contributed by atoms with Crippen LogP contribution >= 0.6 is 0 Å². The molecule has 3 nitrogen and oxygen atoms in total. The number of rotatable bonds is 3. The first-order chi connectivity index (χ1) is 9.16. The van der Waals surface area contributed by atoms with E-state index in [1.807, 2.05) is 6.07 Å². The lowest BCUT2D eigenvalue weighted by molar-refractivity contribution is 0.169. The molecule has 19 heavy (non-hydrogen) atoms. The van der Waals surface area contributed by atoms with E-state index in [0.29, 0.717) is 31.1 Å². The Bertz CT molecular complexity index is 478. The van der Waals surface area contributed by atoms with Gasteiger partial charge in [0, 0.05) is 12.0 Å².